The second-order valence-electron chi connectivity index (χ2n) is 6.82. The summed E-state index contributed by atoms with van der Waals surface area (Å²) in [5.74, 6) is 1.99. The highest BCUT2D eigenvalue weighted by atomic mass is 32.2. The smallest absolute Gasteiger partial charge is 0.168 e. The molecule has 4 nitrogen and oxygen atoms in total. The van der Waals surface area contributed by atoms with Crippen LogP contribution in [0.5, 0.6) is 11.5 Å². The molecule has 0 aliphatic carbocycles. The van der Waals surface area contributed by atoms with E-state index in [1.165, 1.54) is 0 Å². The number of hydrogen-bond donors (Lipinski definition) is 0. The first-order valence-electron chi connectivity index (χ1n) is 9.26. The second kappa shape index (κ2) is 9.29. The highest BCUT2D eigenvalue weighted by Crippen LogP contribution is 2.30. The number of carbonyl (C=O) groups excluding carboxylic acids is 1. The van der Waals surface area contributed by atoms with Gasteiger partial charge < -0.3 is 9.47 Å². The predicted octanol–water partition coefficient (Wildman–Crippen LogP) is 4.52. The number of benzene rings is 2. The molecule has 0 spiro atoms. The van der Waals surface area contributed by atoms with Gasteiger partial charge in [0.15, 0.2) is 5.78 Å². The Bertz CT molecular complexity index is 793. The Hall–Kier alpha value is -1.98. The van der Waals surface area contributed by atoms with E-state index < -0.39 is 0 Å². The quantitative estimate of drug-likeness (QED) is 0.517. The lowest BCUT2D eigenvalue weighted by Gasteiger charge is -2.32. The van der Waals surface area contributed by atoms with Crippen LogP contribution in [0.3, 0.4) is 0 Å². The first-order chi connectivity index (χ1) is 13.2. The van der Waals surface area contributed by atoms with Crippen LogP contribution in [0, 0.1) is 5.92 Å². The lowest BCUT2D eigenvalue weighted by Crippen LogP contribution is -2.38. The summed E-state index contributed by atoms with van der Waals surface area (Å²) in [6.07, 6.45) is 4.01. The van der Waals surface area contributed by atoms with E-state index in [2.05, 4.69) is 4.90 Å². The standard InChI is InChI=1S/C22H27NO3S/c1-25-18-10-11-20(26-2)17(13-18)15-23-12-6-7-16(14-23)22(24)19-8-4-5-9-21(19)27-3/h4-5,8-11,13,16H,6-7,12,14-15H2,1-3H3/t16-/m0/s1. The molecule has 0 radical (unpaired) electrons. The molecule has 0 saturated carbocycles. The Kier molecular flexibility index (Phi) is 6.80. The summed E-state index contributed by atoms with van der Waals surface area (Å²) >= 11 is 1.64. The van der Waals surface area contributed by atoms with Gasteiger partial charge in [0.05, 0.1) is 14.2 Å². The van der Waals surface area contributed by atoms with Crippen molar-refractivity contribution in [2.45, 2.75) is 24.3 Å². The molecule has 5 heteroatoms. The molecule has 1 aliphatic rings. The van der Waals surface area contributed by atoms with Gasteiger partial charge in [0.25, 0.3) is 0 Å². The molecule has 1 fully saturated rings. The maximum absolute atomic E-state index is 13.1. The van der Waals surface area contributed by atoms with Crippen molar-refractivity contribution in [1.82, 2.24) is 4.90 Å². The minimum absolute atomic E-state index is 0.0450. The third-order valence-corrected chi connectivity index (χ3v) is 5.93. The summed E-state index contributed by atoms with van der Waals surface area (Å²) in [5, 5.41) is 0. The zero-order valence-corrected chi connectivity index (χ0v) is 17.1. The first-order valence-corrected chi connectivity index (χ1v) is 10.5. The van der Waals surface area contributed by atoms with Crippen molar-refractivity contribution in [2.75, 3.05) is 33.6 Å². The lowest BCUT2D eigenvalue weighted by atomic mass is 9.89. The Labute approximate surface area is 165 Å². The van der Waals surface area contributed by atoms with Crippen molar-refractivity contribution in [2.24, 2.45) is 5.92 Å². The van der Waals surface area contributed by atoms with Gasteiger partial charge in [0.1, 0.15) is 11.5 Å². The van der Waals surface area contributed by atoms with Crippen molar-refractivity contribution in [3.05, 3.63) is 53.6 Å². The highest BCUT2D eigenvalue weighted by molar-refractivity contribution is 7.98. The molecule has 0 N–H and O–H groups in total. The van der Waals surface area contributed by atoms with Crippen molar-refractivity contribution in [1.29, 1.82) is 0 Å². The molecule has 1 heterocycles. The minimum Gasteiger partial charge on any atom is -0.497 e. The van der Waals surface area contributed by atoms with Gasteiger partial charge >= 0.3 is 0 Å². The number of carbonyl (C=O) groups is 1. The SMILES string of the molecule is COc1ccc(OC)c(CN2CCC[C@H](C(=O)c3ccccc3SC)C2)c1. The van der Waals surface area contributed by atoms with E-state index in [9.17, 15) is 4.79 Å². The molecule has 144 valence electrons. The van der Waals surface area contributed by atoms with Crippen LogP contribution in [-0.2, 0) is 6.54 Å². The van der Waals surface area contributed by atoms with Crippen LogP contribution in [-0.4, -0.2) is 44.2 Å². The van der Waals surface area contributed by atoms with Crippen molar-refractivity contribution >= 4 is 17.5 Å². The van der Waals surface area contributed by atoms with E-state index in [4.69, 9.17) is 9.47 Å². The molecule has 3 rings (SSSR count). The predicted molar refractivity (Wildman–Crippen MR) is 110 cm³/mol. The molecule has 0 bridgehead atoms. The average Bonchev–Trinajstić information content (AvgIpc) is 2.73. The molecule has 2 aromatic carbocycles. The van der Waals surface area contributed by atoms with Gasteiger partial charge in [0.2, 0.25) is 0 Å². The molecule has 1 saturated heterocycles. The highest BCUT2D eigenvalue weighted by Gasteiger charge is 2.28. The van der Waals surface area contributed by atoms with E-state index in [-0.39, 0.29) is 11.7 Å². The summed E-state index contributed by atoms with van der Waals surface area (Å²) in [6.45, 7) is 2.53. The Balaban J connectivity index is 1.74. The topological polar surface area (TPSA) is 38.8 Å². The minimum atomic E-state index is 0.0450. The Morgan fingerprint density at radius 1 is 1.19 bits per heavy atom. The number of thioether (sulfide) groups is 1. The summed E-state index contributed by atoms with van der Waals surface area (Å²) in [4.78, 5) is 16.5. The van der Waals surface area contributed by atoms with Gasteiger partial charge in [-0.3, -0.25) is 9.69 Å². The molecule has 1 atom stereocenters. The third-order valence-electron chi connectivity index (χ3n) is 5.13. The van der Waals surface area contributed by atoms with Crippen molar-refractivity contribution < 1.29 is 14.3 Å². The van der Waals surface area contributed by atoms with Crippen molar-refractivity contribution in [3.63, 3.8) is 0 Å². The number of ketones is 1. The number of nitrogens with zero attached hydrogens (tertiary/aromatic N) is 1. The molecular weight excluding hydrogens is 358 g/mol. The van der Waals surface area contributed by atoms with Crippen molar-refractivity contribution in [3.8, 4) is 11.5 Å². The number of ether oxygens (including phenoxy) is 2. The third kappa shape index (κ3) is 4.66. The number of methoxy groups -OCH3 is 2. The molecule has 0 amide bonds. The zero-order valence-electron chi connectivity index (χ0n) is 16.2. The van der Waals surface area contributed by atoms with Gasteiger partial charge in [-0.05, 0) is 49.9 Å². The Morgan fingerprint density at radius 3 is 2.74 bits per heavy atom. The second-order valence-corrected chi connectivity index (χ2v) is 7.66. The van der Waals surface area contributed by atoms with Crippen LogP contribution in [0.1, 0.15) is 28.8 Å². The Morgan fingerprint density at radius 2 is 2.00 bits per heavy atom. The van der Waals surface area contributed by atoms with Crippen LogP contribution in [0.15, 0.2) is 47.4 Å². The first kappa shape index (κ1) is 19.8. The van der Waals surface area contributed by atoms with E-state index in [1.807, 2.05) is 48.7 Å². The summed E-state index contributed by atoms with van der Waals surface area (Å²) in [7, 11) is 3.36. The van der Waals surface area contributed by atoms with E-state index >= 15 is 0 Å². The fraction of sp³-hybridized carbons (Fsp3) is 0.409. The number of piperidine rings is 1. The van der Waals surface area contributed by atoms with E-state index in [0.29, 0.717) is 0 Å². The normalized spacial score (nSPS) is 17.5. The maximum atomic E-state index is 13.1. The summed E-state index contributed by atoms with van der Waals surface area (Å²) in [6, 6.07) is 13.8. The zero-order chi connectivity index (χ0) is 19.2. The number of hydrogen-bond acceptors (Lipinski definition) is 5. The van der Waals surface area contributed by atoms with Crippen LogP contribution in [0.25, 0.3) is 0 Å². The molecule has 27 heavy (non-hydrogen) atoms. The van der Waals surface area contributed by atoms with E-state index in [0.717, 1.165) is 60.0 Å². The largest absolute Gasteiger partial charge is 0.497 e. The van der Waals surface area contributed by atoms with Gasteiger partial charge in [-0.1, -0.05) is 18.2 Å². The average molecular weight is 386 g/mol. The van der Waals surface area contributed by atoms with E-state index in [1.54, 1.807) is 26.0 Å². The van der Waals surface area contributed by atoms with Crippen LogP contribution in [0.2, 0.25) is 0 Å². The molecule has 1 aliphatic heterocycles. The van der Waals surface area contributed by atoms with Crippen LogP contribution < -0.4 is 9.47 Å². The van der Waals surface area contributed by atoms with Crippen LogP contribution in [0.4, 0.5) is 0 Å². The maximum Gasteiger partial charge on any atom is 0.168 e. The molecule has 2 aromatic rings. The molecular formula is C22H27NO3S. The lowest BCUT2D eigenvalue weighted by molar-refractivity contribution is 0.0807. The van der Waals surface area contributed by atoms with Gasteiger partial charge in [-0.25, -0.2) is 0 Å². The van der Waals surface area contributed by atoms with Crippen LogP contribution >= 0.6 is 11.8 Å². The summed E-state index contributed by atoms with van der Waals surface area (Å²) in [5.41, 5.74) is 1.95. The molecule has 0 unspecified atom stereocenters. The van der Waals surface area contributed by atoms with Gasteiger partial charge in [-0.15, -0.1) is 11.8 Å². The monoisotopic (exact) mass is 385 g/mol. The number of Topliss-reactive ketones (excluding diaryl/α,β-unsaturated/α-hetero) is 1. The fourth-order valence-electron chi connectivity index (χ4n) is 3.73. The van der Waals surface area contributed by atoms with Gasteiger partial charge in [0, 0.05) is 35.0 Å². The van der Waals surface area contributed by atoms with Gasteiger partial charge in [-0.2, -0.15) is 0 Å². The summed E-state index contributed by atoms with van der Waals surface area (Å²) < 4.78 is 10.9. The number of likely N-dealkylation sites (tertiary alicyclic amines) is 1. The number of rotatable bonds is 7. The fourth-order valence-corrected chi connectivity index (χ4v) is 4.33. The molecule has 0 aromatic heterocycles.